The fourth-order valence-corrected chi connectivity index (χ4v) is 2.11. The van der Waals surface area contributed by atoms with Crippen molar-refractivity contribution in [2.24, 2.45) is 0 Å². The van der Waals surface area contributed by atoms with E-state index in [1.165, 1.54) is 0 Å². The third-order valence-electron chi connectivity index (χ3n) is 3.39. The molecule has 1 aromatic carbocycles. The Balaban J connectivity index is 1.91. The molecule has 1 N–H and O–H groups in total. The van der Waals surface area contributed by atoms with Crippen LogP contribution in [0, 0.1) is 23.5 Å². The monoisotopic (exact) mass is 327 g/mol. The highest BCUT2D eigenvalue weighted by Crippen LogP contribution is 2.22. The maximum absolute atomic E-state index is 13.4. The van der Waals surface area contributed by atoms with Gasteiger partial charge in [0.25, 0.3) is 11.9 Å². The summed E-state index contributed by atoms with van der Waals surface area (Å²) in [6.07, 6.45) is 1.21. The molecule has 23 heavy (non-hydrogen) atoms. The van der Waals surface area contributed by atoms with E-state index in [1.54, 1.807) is 0 Å². The van der Waals surface area contributed by atoms with Gasteiger partial charge in [-0.3, -0.25) is 0 Å². The Bertz CT molecular complexity index is 646. The molecule has 0 aliphatic carbocycles. The Morgan fingerprint density at radius 1 is 0.957 bits per heavy atom. The van der Waals surface area contributed by atoms with Crippen LogP contribution in [-0.4, -0.2) is 25.6 Å². The first-order chi connectivity index (χ1) is 10.9. The SMILES string of the molecule is CN(C)c1ccc(CCCNc2c(F)c(F)nc(F)c2F)cc1. The van der Waals surface area contributed by atoms with Crippen molar-refractivity contribution in [3.8, 4) is 0 Å². The molecule has 2 rings (SSSR count). The summed E-state index contributed by atoms with van der Waals surface area (Å²) in [6, 6.07) is 7.86. The number of nitrogens with one attached hydrogen (secondary N) is 1. The standard InChI is InChI=1S/C16H17F4N3/c1-23(2)11-7-5-10(6-8-11)4-3-9-21-14-12(17)15(19)22-16(20)13(14)18/h5-8H,3-4,9H2,1-2H3,(H,21,22). The molecule has 0 bridgehead atoms. The van der Waals surface area contributed by atoms with Gasteiger partial charge in [0.15, 0.2) is 0 Å². The lowest BCUT2D eigenvalue weighted by Crippen LogP contribution is -2.11. The van der Waals surface area contributed by atoms with E-state index in [2.05, 4.69) is 10.3 Å². The van der Waals surface area contributed by atoms with E-state index in [4.69, 9.17) is 0 Å². The minimum Gasteiger partial charge on any atom is -0.380 e. The van der Waals surface area contributed by atoms with Gasteiger partial charge in [-0.05, 0) is 30.5 Å². The molecule has 1 aromatic heterocycles. The first kappa shape index (κ1) is 17.1. The third-order valence-corrected chi connectivity index (χ3v) is 3.39. The third kappa shape index (κ3) is 4.12. The Labute approximate surface area is 132 Å². The highest BCUT2D eigenvalue weighted by Gasteiger charge is 2.20. The number of halogens is 4. The maximum Gasteiger partial charge on any atom is 0.253 e. The lowest BCUT2D eigenvalue weighted by molar-refractivity contribution is 0.410. The van der Waals surface area contributed by atoms with Crippen LogP contribution in [0.5, 0.6) is 0 Å². The van der Waals surface area contributed by atoms with Crippen molar-refractivity contribution in [1.82, 2.24) is 4.98 Å². The summed E-state index contributed by atoms with van der Waals surface area (Å²) in [5.41, 5.74) is 1.31. The van der Waals surface area contributed by atoms with Gasteiger partial charge in [-0.2, -0.15) is 22.5 Å². The van der Waals surface area contributed by atoms with Crippen molar-refractivity contribution in [2.75, 3.05) is 30.9 Å². The molecule has 0 unspecified atom stereocenters. The van der Waals surface area contributed by atoms with Gasteiger partial charge in [-0.1, -0.05) is 12.1 Å². The van der Waals surface area contributed by atoms with Crippen LogP contribution in [-0.2, 0) is 6.42 Å². The molecular formula is C16H17F4N3. The maximum atomic E-state index is 13.4. The number of pyridine rings is 1. The van der Waals surface area contributed by atoms with Crippen LogP contribution in [0.2, 0.25) is 0 Å². The predicted octanol–water partition coefficient (Wildman–Crippen LogP) is 3.75. The number of rotatable bonds is 6. The molecule has 2 aromatic rings. The molecule has 124 valence electrons. The first-order valence-corrected chi connectivity index (χ1v) is 7.10. The lowest BCUT2D eigenvalue weighted by Gasteiger charge is -2.13. The van der Waals surface area contributed by atoms with Crippen LogP contribution < -0.4 is 10.2 Å². The van der Waals surface area contributed by atoms with Gasteiger partial charge in [0.1, 0.15) is 5.69 Å². The summed E-state index contributed by atoms with van der Waals surface area (Å²) in [6.45, 7) is 0.173. The van der Waals surface area contributed by atoms with Crippen molar-refractivity contribution in [2.45, 2.75) is 12.8 Å². The second-order valence-electron chi connectivity index (χ2n) is 5.29. The number of aryl methyl sites for hydroxylation is 1. The van der Waals surface area contributed by atoms with Crippen molar-refractivity contribution in [1.29, 1.82) is 0 Å². The molecule has 0 spiro atoms. The smallest absolute Gasteiger partial charge is 0.253 e. The summed E-state index contributed by atoms with van der Waals surface area (Å²) in [5, 5.41) is 2.38. The van der Waals surface area contributed by atoms with Gasteiger partial charge >= 0.3 is 0 Å². The molecule has 0 fully saturated rings. The summed E-state index contributed by atoms with van der Waals surface area (Å²) >= 11 is 0. The average Bonchev–Trinajstić information content (AvgIpc) is 2.52. The second kappa shape index (κ2) is 7.30. The topological polar surface area (TPSA) is 28.2 Å². The van der Waals surface area contributed by atoms with E-state index >= 15 is 0 Å². The Morgan fingerprint density at radius 3 is 2.04 bits per heavy atom. The minimum atomic E-state index is -1.66. The fourth-order valence-electron chi connectivity index (χ4n) is 2.11. The highest BCUT2D eigenvalue weighted by molar-refractivity contribution is 5.46. The van der Waals surface area contributed by atoms with Crippen molar-refractivity contribution >= 4 is 11.4 Å². The molecule has 3 nitrogen and oxygen atoms in total. The number of aromatic nitrogens is 1. The largest absolute Gasteiger partial charge is 0.380 e. The van der Waals surface area contributed by atoms with Crippen LogP contribution >= 0.6 is 0 Å². The molecule has 0 amide bonds. The van der Waals surface area contributed by atoms with Crippen molar-refractivity contribution in [3.05, 3.63) is 53.4 Å². The molecule has 7 heteroatoms. The van der Waals surface area contributed by atoms with Crippen molar-refractivity contribution in [3.63, 3.8) is 0 Å². The fraction of sp³-hybridized carbons (Fsp3) is 0.312. The molecular weight excluding hydrogens is 310 g/mol. The minimum absolute atomic E-state index is 0.173. The van der Waals surface area contributed by atoms with Gasteiger partial charge in [0.05, 0.1) is 0 Å². The Morgan fingerprint density at radius 2 is 1.52 bits per heavy atom. The van der Waals surface area contributed by atoms with E-state index in [0.717, 1.165) is 11.3 Å². The van der Waals surface area contributed by atoms with Crippen molar-refractivity contribution < 1.29 is 17.6 Å². The summed E-state index contributed by atoms with van der Waals surface area (Å²) in [7, 11) is 3.88. The Hall–Kier alpha value is -2.31. The van der Waals surface area contributed by atoms with Crippen LogP contribution in [0.25, 0.3) is 0 Å². The number of hydrogen-bond acceptors (Lipinski definition) is 3. The zero-order valence-electron chi connectivity index (χ0n) is 12.8. The normalized spacial score (nSPS) is 10.7. The number of anilines is 2. The summed E-state index contributed by atoms with van der Waals surface area (Å²) < 4.78 is 52.7. The van der Waals surface area contributed by atoms with E-state index < -0.39 is 29.2 Å². The molecule has 0 aliphatic rings. The molecule has 0 saturated heterocycles. The first-order valence-electron chi connectivity index (χ1n) is 7.10. The number of nitrogens with zero attached hydrogens (tertiary/aromatic N) is 2. The number of benzene rings is 1. The predicted molar refractivity (Wildman–Crippen MR) is 81.6 cm³/mol. The molecule has 1 heterocycles. The van der Waals surface area contributed by atoms with Gasteiger partial charge in [-0.25, -0.2) is 0 Å². The zero-order chi connectivity index (χ0) is 17.0. The summed E-state index contributed by atoms with van der Waals surface area (Å²) in [4.78, 5) is 4.48. The van der Waals surface area contributed by atoms with Gasteiger partial charge in [-0.15, -0.1) is 0 Å². The van der Waals surface area contributed by atoms with Crippen LogP contribution in [0.15, 0.2) is 24.3 Å². The van der Waals surface area contributed by atoms with Gasteiger partial charge < -0.3 is 10.2 Å². The second-order valence-corrected chi connectivity index (χ2v) is 5.29. The molecule has 0 atom stereocenters. The Kier molecular flexibility index (Phi) is 5.41. The molecule has 0 radical (unpaired) electrons. The zero-order valence-corrected chi connectivity index (χ0v) is 12.8. The van der Waals surface area contributed by atoms with Gasteiger partial charge in [0.2, 0.25) is 11.6 Å². The van der Waals surface area contributed by atoms with E-state index in [0.29, 0.717) is 12.8 Å². The van der Waals surface area contributed by atoms with E-state index in [-0.39, 0.29) is 6.54 Å². The van der Waals surface area contributed by atoms with Crippen LogP contribution in [0.4, 0.5) is 28.9 Å². The van der Waals surface area contributed by atoms with Crippen LogP contribution in [0.1, 0.15) is 12.0 Å². The lowest BCUT2D eigenvalue weighted by atomic mass is 10.1. The summed E-state index contributed by atoms with van der Waals surface area (Å²) in [5.74, 6) is -6.35. The number of hydrogen-bond donors (Lipinski definition) is 1. The average molecular weight is 327 g/mol. The van der Waals surface area contributed by atoms with Crippen LogP contribution in [0.3, 0.4) is 0 Å². The quantitative estimate of drug-likeness (QED) is 0.498. The van der Waals surface area contributed by atoms with E-state index in [9.17, 15) is 17.6 Å². The highest BCUT2D eigenvalue weighted by atomic mass is 19.2. The molecule has 0 saturated carbocycles. The van der Waals surface area contributed by atoms with Gasteiger partial charge in [0, 0.05) is 26.3 Å². The van der Waals surface area contributed by atoms with E-state index in [1.807, 2.05) is 43.3 Å². The molecule has 0 aliphatic heterocycles.